The molecule has 0 aliphatic heterocycles. The Hall–Kier alpha value is -3.35. The van der Waals surface area contributed by atoms with Crippen molar-refractivity contribution in [3.05, 3.63) is 83.3 Å². The third kappa shape index (κ3) is 5.05. The highest BCUT2D eigenvalue weighted by Gasteiger charge is 2.25. The van der Waals surface area contributed by atoms with Gasteiger partial charge in [-0.1, -0.05) is 19.1 Å². The molecule has 162 valence electrons. The van der Waals surface area contributed by atoms with Crippen LogP contribution in [0.15, 0.2) is 59.1 Å². The molecule has 0 unspecified atom stereocenters. The fraction of sp³-hybridized carbons (Fsp3) is 0.333. The molecule has 3 aromatic rings. The number of nitrogens with zero attached hydrogens (tertiary/aromatic N) is 2. The van der Waals surface area contributed by atoms with Gasteiger partial charge < -0.3 is 19.2 Å². The lowest BCUT2D eigenvalue weighted by atomic mass is 10.1. The average molecular weight is 423 g/mol. The highest BCUT2D eigenvalue weighted by Crippen LogP contribution is 2.20. The number of furan rings is 1. The molecule has 1 aromatic carbocycles. The number of carbonyl (C=O) groups is 2. The molecule has 1 aliphatic carbocycles. The lowest BCUT2D eigenvalue weighted by molar-refractivity contribution is 0.0734. The van der Waals surface area contributed by atoms with Crippen LogP contribution >= 0.6 is 0 Å². The molecule has 31 heavy (non-hydrogen) atoms. The van der Waals surface area contributed by atoms with Crippen LogP contribution in [0.2, 0.25) is 0 Å². The second-order valence-electron chi connectivity index (χ2n) is 7.85. The van der Waals surface area contributed by atoms with Gasteiger partial charge in [-0.05, 0) is 55.7 Å². The van der Waals surface area contributed by atoms with Gasteiger partial charge in [0.05, 0.1) is 18.7 Å². The number of aromatic nitrogens is 1. The van der Waals surface area contributed by atoms with Gasteiger partial charge in [0.1, 0.15) is 11.6 Å². The van der Waals surface area contributed by atoms with E-state index in [1.807, 2.05) is 29.8 Å². The zero-order valence-corrected chi connectivity index (χ0v) is 17.5. The number of carbonyl (C=O) groups excluding carboxylic acids is 2. The Kier molecular flexibility index (Phi) is 6.21. The molecule has 4 rings (SSSR count). The van der Waals surface area contributed by atoms with E-state index < -0.39 is 5.82 Å². The quantitative estimate of drug-likeness (QED) is 0.561. The maximum atomic E-state index is 14.1. The van der Waals surface area contributed by atoms with Crippen molar-refractivity contribution in [3.8, 4) is 0 Å². The normalized spacial score (nSPS) is 13.2. The van der Waals surface area contributed by atoms with Crippen LogP contribution in [0.5, 0.6) is 0 Å². The first-order chi connectivity index (χ1) is 15.0. The van der Waals surface area contributed by atoms with Crippen LogP contribution < -0.4 is 5.32 Å². The first kappa shape index (κ1) is 20.9. The number of hydrogen-bond acceptors (Lipinski definition) is 3. The minimum Gasteiger partial charge on any atom is -0.454 e. The Balaban J connectivity index is 1.46. The van der Waals surface area contributed by atoms with Crippen molar-refractivity contribution in [2.45, 2.75) is 45.3 Å². The molecule has 0 spiro atoms. The van der Waals surface area contributed by atoms with Crippen molar-refractivity contribution < 1.29 is 18.4 Å². The molecular weight excluding hydrogens is 397 g/mol. The largest absolute Gasteiger partial charge is 0.454 e. The fourth-order valence-electron chi connectivity index (χ4n) is 3.51. The summed E-state index contributed by atoms with van der Waals surface area (Å²) in [5.41, 5.74) is 0.977. The first-order valence-corrected chi connectivity index (χ1v) is 10.6. The topological polar surface area (TPSA) is 67.5 Å². The molecule has 2 aromatic heterocycles. The summed E-state index contributed by atoms with van der Waals surface area (Å²) in [5.74, 6) is -0.0776. The van der Waals surface area contributed by atoms with Crippen LogP contribution in [0, 0.1) is 5.82 Å². The predicted molar refractivity (Wildman–Crippen MR) is 114 cm³/mol. The molecular formula is C24H26FN3O3. The van der Waals surface area contributed by atoms with Gasteiger partial charge in [-0.15, -0.1) is 0 Å². The zero-order chi connectivity index (χ0) is 21.8. The summed E-state index contributed by atoms with van der Waals surface area (Å²) in [5, 5.41) is 2.91. The third-order valence-corrected chi connectivity index (χ3v) is 5.29. The minimum absolute atomic E-state index is 0.0754. The van der Waals surface area contributed by atoms with E-state index in [1.54, 1.807) is 29.2 Å². The van der Waals surface area contributed by atoms with Crippen molar-refractivity contribution in [1.82, 2.24) is 14.8 Å². The van der Waals surface area contributed by atoms with Crippen molar-refractivity contribution >= 4 is 11.8 Å². The third-order valence-electron chi connectivity index (χ3n) is 5.29. The van der Waals surface area contributed by atoms with Gasteiger partial charge in [0.2, 0.25) is 0 Å². The fourth-order valence-corrected chi connectivity index (χ4v) is 3.51. The molecule has 1 fully saturated rings. The van der Waals surface area contributed by atoms with E-state index in [1.165, 1.54) is 12.1 Å². The van der Waals surface area contributed by atoms with Crippen LogP contribution in [0.4, 0.5) is 4.39 Å². The Labute approximate surface area is 180 Å². The molecule has 7 heteroatoms. The van der Waals surface area contributed by atoms with Crippen LogP contribution in [-0.2, 0) is 13.1 Å². The van der Waals surface area contributed by atoms with Crippen LogP contribution in [-0.4, -0.2) is 33.9 Å². The highest BCUT2D eigenvalue weighted by atomic mass is 19.1. The van der Waals surface area contributed by atoms with Gasteiger partial charge in [0, 0.05) is 24.5 Å². The van der Waals surface area contributed by atoms with Crippen molar-refractivity contribution in [3.63, 3.8) is 0 Å². The van der Waals surface area contributed by atoms with Gasteiger partial charge >= 0.3 is 0 Å². The van der Waals surface area contributed by atoms with Crippen molar-refractivity contribution in [2.75, 3.05) is 6.54 Å². The average Bonchev–Trinajstić information content (AvgIpc) is 3.27. The predicted octanol–water partition coefficient (Wildman–Crippen LogP) is 4.21. The van der Waals surface area contributed by atoms with Gasteiger partial charge in [-0.2, -0.15) is 0 Å². The van der Waals surface area contributed by atoms with Crippen molar-refractivity contribution in [1.29, 1.82) is 0 Å². The lowest BCUT2D eigenvalue weighted by Crippen LogP contribution is -2.32. The summed E-state index contributed by atoms with van der Waals surface area (Å²) in [6.45, 7) is 3.29. The summed E-state index contributed by atoms with van der Waals surface area (Å²) in [7, 11) is 0. The smallest absolute Gasteiger partial charge is 0.287 e. The summed E-state index contributed by atoms with van der Waals surface area (Å²) in [6, 6.07) is 13.6. The monoisotopic (exact) mass is 423 g/mol. The van der Waals surface area contributed by atoms with E-state index >= 15 is 0 Å². The maximum Gasteiger partial charge on any atom is 0.287 e. The van der Waals surface area contributed by atoms with E-state index in [-0.39, 0.29) is 23.4 Å². The number of halogens is 1. The second-order valence-corrected chi connectivity index (χ2v) is 7.85. The Morgan fingerprint density at radius 1 is 1.16 bits per heavy atom. The minimum atomic E-state index is -0.517. The van der Waals surface area contributed by atoms with Crippen LogP contribution in [0.1, 0.15) is 58.6 Å². The summed E-state index contributed by atoms with van der Waals surface area (Å²) in [4.78, 5) is 26.7. The van der Waals surface area contributed by atoms with Crippen LogP contribution in [0.25, 0.3) is 0 Å². The van der Waals surface area contributed by atoms with E-state index in [9.17, 15) is 14.0 Å². The molecule has 1 saturated carbocycles. The number of amides is 2. The molecule has 0 radical (unpaired) electrons. The summed E-state index contributed by atoms with van der Waals surface area (Å²) in [6.07, 6.45) is 4.70. The van der Waals surface area contributed by atoms with Gasteiger partial charge in [0.15, 0.2) is 5.76 Å². The number of rotatable bonds is 9. The van der Waals surface area contributed by atoms with Crippen LogP contribution in [0.3, 0.4) is 0 Å². The van der Waals surface area contributed by atoms with E-state index in [0.717, 1.165) is 25.0 Å². The highest BCUT2D eigenvalue weighted by molar-refractivity contribution is 5.94. The van der Waals surface area contributed by atoms with Gasteiger partial charge in [0.25, 0.3) is 11.8 Å². The SMILES string of the molecule is CCCN(Cc1cccn1Cc1ccc(C(=O)NC2CC2)o1)C(=O)c1ccccc1F. The summed E-state index contributed by atoms with van der Waals surface area (Å²) >= 11 is 0. The Morgan fingerprint density at radius 3 is 2.71 bits per heavy atom. The number of benzene rings is 1. The van der Waals surface area contributed by atoms with Gasteiger partial charge in [-0.25, -0.2) is 4.39 Å². The molecule has 1 N–H and O–H groups in total. The first-order valence-electron chi connectivity index (χ1n) is 10.6. The summed E-state index contributed by atoms with van der Waals surface area (Å²) < 4.78 is 21.8. The van der Waals surface area contributed by atoms with Gasteiger partial charge in [-0.3, -0.25) is 9.59 Å². The second kappa shape index (κ2) is 9.20. The molecule has 1 aliphatic rings. The molecule has 0 saturated heterocycles. The van der Waals surface area contributed by atoms with E-state index in [4.69, 9.17) is 4.42 Å². The Bertz CT molecular complexity index is 1070. The van der Waals surface area contributed by atoms with Crippen molar-refractivity contribution in [2.24, 2.45) is 0 Å². The number of nitrogens with one attached hydrogen (secondary N) is 1. The maximum absolute atomic E-state index is 14.1. The number of hydrogen-bond donors (Lipinski definition) is 1. The van der Waals surface area contributed by atoms with E-state index in [2.05, 4.69) is 5.32 Å². The molecule has 0 bridgehead atoms. The molecule has 0 atom stereocenters. The molecule has 2 heterocycles. The zero-order valence-electron chi connectivity index (χ0n) is 17.5. The molecule has 2 amide bonds. The molecule has 6 nitrogen and oxygen atoms in total. The Morgan fingerprint density at radius 2 is 1.97 bits per heavy atom. The lowest BCUT2D eigenvalue weighted by Gasteiger charge is -2.23. The standard InChI is InChI=1S/C24H26FN3O3/c1-2-13-28(24(30)20-7-3-4-8-21(20)25)15-18-6-5-14-27(18)16-19-11-12-22(31-19)23(29)26-17-9-10-17/h3-8,11-12,14,17H,2,9-10,13,15-16H2,1H3,(H,26,29). The van der Waals surface area contributed by atoms with E-state index in [0.29, 0.717) is 31.2 Å².